The largest absolute Gasteiger partial charge is 0.345 e. The standard InChI is InChI=1S/C13H25NO/c1-7-13(5)8-12(3,4)9-14(6)11(15)10(13)2/h10H,7-9H2,1-6H3. The molecule has 1 fully saturated rings. The summed E-state index contributed by atoms with van der Waals surface area (Å²) in [6, 6.07) is 0. The summed E-state index contributed by atoms with van der Waals surface area (Å²) in [4.78, 5) is 14.0. The molecule has 0 radical (unpaired) electrons. The van der Waals surface area contributed by atoms with Crippen LogP contribution >= 0.6 is 0 Å². The molecule has 1 rings (SSSR count). The Balaban J connectivity index is 3.06. The lowest BCUT2D eigenvalue weighted by Gasteiger charge is -2.36. The van der Waals surface area contributed by atoms with E-state index in [1.54, 1.807) is 0 Å². The fourth-order valence-electron chi connectivity index (χ4n) is 3.08. The van der Waals surface area contributed by atoms with E-state index in [1.165, 1.54) is 0 Å². The molecule has 2 heteroatoms. The van der Waals surface area contributed by atoms with E-state index >= 15 is 0 Å². The first-order valence-corrected chi connectivity index (χ1v) is 5.97. The summed E-state index contributed by atoms with van der Waals surface area (Å²) in [5.74, 6) is 0.458. The fraction of sp³-hybridized carbons (Fsp3) is 0.923. The molecule has 1 aliphatic heterocycles. The normalized spacial score (nSPS) is 36.5. The molecule has 0 N–H and O–H groups in total. The first-order chi connectivity index (χ1) is 6.72. The molecule has 0 spiro atoms. The van der Waals surface area contributed by atoms with E-state index < -0.39 is 0 Å². The third kappa shape index (κ3) is 2.35. The van der Waals surface area contributed by atoms with Crippen molar-refractivity contribution in [3.8, 4) is 0 Å². The number of likely N-dealkylation sites (tertiary alicyclic amines) is 1. The minimum atomic E-state index is 0.147. The van der Waals surface area contributed by atoms with Crippen LogP contribution in [0.5, 0.6) is 0 Å². The lowest BCUT2D eigenvalue weighted by atomic mass is 9.67. The maximum absolute atomic E-state index is 12.1. The van der Waals surface area contributed by atoms with Crippen molar-refractivity contribution in [1.82, 2.24) is 4.90 Å². The maximum atomic E-state index is 12.1. The Kier molecular flexibility index (Phi) is 3.18. The van der Waals surface area contributed by atoms with Crippen molar-refractivity contribution in [2.45, 2.75) is 47.5 Å². The van der Waals surface area contributed by atoms with Crippen molar-refractivity contribution in [1.29, 1.82) is 0 Å². The Morgan fingerprint density at radius 2 is 1.93 bits per heavy atom. The molecule has 0 aliphatic carbocycles. The number of carbonyl (C=O) groups is 1. The van der Waals surface area contributed by atoms with Gasteiger partial charge >= 0.3 is 0 Å². The molecule has 0 bridgehead atoms. The summed E-state index contributed by atoms with van der Waals surface area (Å²) < 4.78 is 0. The Morgan fingerprint density at radius 1 is 1.40 bits per heavy atom. The van der Waals surface area contributed by atoms with Crippen LogP contribution in [0.3, 0.4) is 0 Å². The van der Waals surface area contributed by atoms with Crippen molar-refractivity contribution >= 4 is 5.91 Å². The van der Waals surface area contributed by atoms with Crippen molar-refractivity contribution in [2.24, 2.45) is 16.7 Å². The molecule has 0 aromatic rings. The molecule has 0 aromatic heterocycles. The summed E-state index contributed by atoms with van der Waals surface area (Å²) in [5, 5.41) is 0. The average molecular weight is 211 g/mol. The molecule has 2 unspecified atom stereocenters. The van der Waals surface area contributed by atoms with Crippen molar-refractivity contribution < 1.29 is 4.79 Å². The topological polar surface area (TPSA) is 20.3 Å². The zero-order valence-electron chi connectivity index (χ0n) is 11.1. The molecular formula is C13H25NO. The van der Waals surface area contributed by atoms with Crippen LogP contribution in [0.2, 0.25) is 0 Å². The van der Waals surface area contributed by atoms with Gasteiger partial charge in [0.2, 0.25) is 5.91 Å². The molecule has 2 atom stereocenters. The first-order valence-electron chi connectivity index (χ1n) is 5.97. The minimum absolute atomic E-state index is 0.147. The summed E-state index contributed by atoms with van der Waals surface area (Å²) in [6.07, 6.45) is 2.21. The van der Waals surface area contributed by atoms with Gasteiger partial charge in [0.1, 0.15) is 0 Å². The first kappa shape index (κ1) is 12.5. The van der Waals surface area contributed by atoms with Crippen molar-refractivity contribution in [2.75, 3.05) is 13.6 Å². The molecule has 15 heavy (non-hydrogen) atoms. The minimum Gasteiger partial charge on any atom is -0.345 e. The van der Waals surface area contributed by atoms with Gasteiger partial charge in [-0.3, -0.25) is 4.79 Å². The number of hydrogen-bond donors (Lipinski definition) is 0. The fourth-order valence-corrected chi connectivity index (χ4v) is 3.08. The van der Waals surface area contributed by atoms with Gasteiger partial charge in [-0.15, -0.1) is 0 Å². The van der Waals surface area contributed by atoms with Crippen molar-refractivity contribution in [3.05, 3.63) is 0 Å². The van der Waals surface area contributed by atoms with E-state index in [4.69, 9.17) is 0 Å². The van der Waals surface area contributed by atoms with Gasteiger partial charge in [-0.2, -0.15) is 0 Å². The highest BCUT2D eigenvalue weighted by atomic mass is 16.2. The zero-order chi connectivity index (χ0) is 11.9. The number of amides is 1. The third-order valence-electron chi connectivity index (χ3n) is 4.15. The Hall–Kier alpha value is -0.530. The highest BCUT2D eigenvalue weighted by molar-refractivity contribution is 5.79. The molecule has 0 saturated carbocycles. The molecule has 1 aliphatic rings. The molecule has 1 saturated heterocycles. The van der Waals surface area contributed by atoms with E-state index in [0.29, 0.717) is 5.91 Å². The smallest absolute Gasteiger partial charge is 0.225 e. The van der Waals surface area contributed by atoms with Gasteiger partial charge in [0, 0.05) is 19.5 Å². The molecule has 1 amide bonds. The van der Waals surface area contributed by atoms with E-state index in [9.17, 15) is 4.79 Å². The highest BCUT2D eigenvalue weighted by Crippen LogP contribution is 2.45. The van der Waals surface area contributed by atoms with E-state index in [0.717, 1.165) is 19.4 Å². The van der Waals surface area contributed by atoms with Gasteiger partial charge in [-0.1, -0.05) is 34.6 Å². The summed E-state index contributed by atoms with van der Waals surface area (Å²) >= 11 is 0. The molecule has 88 valence electrons. The number of nitrogens with zero attached hydrogens (tertiary/aromatic N) is 1. The molecular weight excluding hydrogens is 186 g/mol. The van der Waals surface area contributed by atoms with Gasteiger partial charge in [-0.25, -0.2) is 0 Å². The third-order valence-corrected chi connectivity index (χ3v) is 4.15. The summed E-state index contributed by atoms with van der Waals surface area (Å²) in [7, 11) is 1.93. The van der Waals surface area contributed by atoms with Crippen LogP contribution in [0.25, 0.3) is 0 Å². The van der Waals surface area contributed by atoms with Gasteiger partial charge in [0.25, 0.3) is 0 Å². The quantitative estimate of drug-likeness (QED) is 0.653. The van der Waals surface area contributed by atoms with Crippen LogP contribution in [0.4, 0.5) is 0 Å². The Labute approximate surface area is 94.0 Å². The number of rotatable bonds is 1. The van der Waals surface area contributed by atoms with Crippen LogP contribution in [0.1, 0.15) is 47.5 Å². The molecule has 0 aromatic carbocycles. The highest BCUT2D eigenvalue weighted by Gasteiger charge is 2.43. The van der Waals surface area contributed by atoms with E-state index in [-0.39, 0.29) is 16.7 Å². The Bertz CT molecular complexity index is 259. The predicted molar refractivity (Wildman–Crippen MR) is 63.6 cm³/mol. The zero-order valence-corrected chi connectivity index (χ0v) is 11.1. The van der Waals surface area contributed by atoms with Crippen molar-refractivity contribution in [3.63, 3.8) is 0 Å². The monoisotopic (exact) mass is 211 g/mol. The SMILES string of the molecule is CCC1(C)CC(C)(C)CN(C)C(=O)C1C. The predicted octanol–water partition coefficient (Wildman–Crippen LogP) is 2.93. The molecule has 2 nitrogen and oxygen atoms in total. The summed E-state index contributed by atoms with van der Waals surface area (Å²) in [5.41, 5.74) is 0.394. The van der Waals surface area contributed by atoms with Crippen LogP contribution in [0.15, 0.2) is 0 Å². The van der Waals surface area contributed by atoms with Crippen LogP contribution < -0.4 is 0 Å². The second-order valence-electron chi connectivity index (χ2n) is 6.26. The second kappa shape index (κ2) is 3.80. The van der Waals surface area contributed by atoms with E-state index in [2.05, 4.69) is 34.6 Å². The lowest BCUT2D eigenvalue weighted by molar-refractivity contribution is -0.136. The Morgan fingerprint density at radius 3 is 2.40 bits per heavy atom. The maximum Gasteiger partial charge on any atom is 0.225 e. The second-order valence-corrected chi connectivity index (χ2v) is 6.26. The molecule has 1 heterocycles. The van der Waals surface area contributed by atoms with Crippen LogP contribution in [-0.2, 0) is 4.79 Å². The number of hydrogen-bond acceptors (Lipinski definition) is 1. The van der Waals surface area contributed by atoms with Gasteiger partial charge in [-0.05, 0) is 23.7 Å². The average Bonchev–Trinajstić information content (AvgIpc) is 2.17. The van der Waals surface area contributed by atoms with E-state index in [1.807, 2.05) is 11.9 Å². The summed E-state index contributed by atoms with van der Waals surface area (Å²) in [6.45, 7) is 12.0. The van der Waals surface area contributed by atoms with Gasteiger partial charge in [0.15, 0.2) is 0 Å². The van der Waals surface area contributed by atoms with Gasteiger partial charge < -0.3 is 4.90 Å². The van der Waals surface area contributed by atoms with Crippen LogP contribution in [-0.4, -0.2) is 24.4 Å². The lowest BCUT2D eigenvalue weighted by Crippen LogP contribution is -2.36. The van der Waals surface area contributed by atoms with Gasteiger partial charge in [0.05, 0.1) is 0 Å². The number of carbonyl (C=O) groups excluding carboxylic acids is 1. The van der Waals surface area contributed by atoms with Crippen LogP contribution in [0, 0.1) is 16.7 Å².